The second-order valence-corrected chi connectivity index (χ2v) is 3.05. The number of aliphatic hydroxyl groups excluding tert-OH is 2. The molecule has 2 atom stereocenters. The quantitative estimate of drug-likeness (QED) is 0.511. The summed E-state index contributed by atoms with van der Waals surface area (Å²) < 4.78 is 0. The summed E-state index contributed by atoms with van der Waals surface area (Å²) in [5, 5.41) is 21.9. The van der Waals surface area contributed by atoms with Gasteiger partial charge in [-0.15, -0.1) is 0 Å². The SMILES string of the molecule is CNCC(O)C(O)c1ncccc1N. The van der Waals surface area contributed by atoms with E-state index >= 15 is 0 Å². The van der Waals surface area contributed by atoms with Gasteiger partial charge < -0.3 is 21.3 Å². The first-order valence-electron chi connectivity index (χ1n) is 4.38. The molecule has 78 valence electrons. The van der Waals surface area contributed by atoms with E-state index in [2.05, 4.69) is 10.3 Å². The van der Waals surface area contributed by atoms with Gasteiger partial charge in [-0.2, -0.15) is 0 Å². The van der Waals surface area contributed by atoms with Crippen molar-refractivity contribution in [2.24, 2.45) is 0 Å². The summed E-state index contributed by atoms with van der Waals surface area (Å²) in [4.78, 5) is 3.92. The number of anilines is 1. The maximum absolute atomic E-state index is 9.67. The fraction of sp³-hybridized carbons (Fsp3) is 0.444. The summed E-state index contributed by atoms with van der Waals surface area (Å²) in [7, 11) is 1.69. The first-order chi connectivity index (χ1) is 6.66. The average molecular weight is 197 g/mol. The van der Waals surface area contributed by atoms with Crippen molar-refractivity contribution in [1.29, 1.82) is 0 Å². The third kappa shape index (κ3) is 2.41. The van der Waals surface area contributed by atoms with Crippen molar-refractivity contribution < 1.29 is 10.2 Å². The highest BCUT2D eigenvalue weighted by atomic mass is 16.3. The van der Waals surface area contributed by atoms with Crippen LogP contribution in [0.15, 0.2) is 18.3 Å². The molecule has 0 saturated heterocycles. The van der Waals surface area contributed by atoms with Crippen LogP contribution in [-0.2, 0) is 0 Å². The standard InChI is InChI=1S/C9H15N3O2/c1-11-5-7(13)9(14)8-6(10)3-2-4-12-8/h2-4,7,9,11,13-14H,5,10H2,1H3. The van der Waals surface area contributed by atoms with Crippen LogP contribution in [0.25, 0.3) is 0 Å². The minimum Gasteiger partial charge on any atom is -0.397 e. The molecule has 0 aliphatic carbocycles. The van der Waals surface area contributed by atoms with Crippen LogP contribution in [-0.4, -0.2) is 34.9 Å². The Kier molecular flexibility index (Phi) is 3.82. The van der Waals surface area contributed by atoms with Crippen LogP contribution in [0, 0.1) is 0 Å². The molecule has 1 aromatic rings. The third-order valence-electron chi connectivity index (χ3n) is 1.93. The Morgan fingerprint density at radius 3 is 2.86 bits per heavy atom. The number of nitrogen functional groups attached to an aromatic ring is 1. The van der Waals surface area contributed by atoms with E-state index in [1.165, 1.54) is 6.20 Å². The molecule has 2 unspecified atom stereocenters. The Morgan fingerprint density at radius 2 is 2.29 bits per heavy atom. The van der Waals surface area contributed by atoms with Gasteiger partial charge in [-0.1, -0.05) is 0 Å². The van der Waals surface area contributed by atoms with E-state index in [-0.39, 0.29) is 6.54 Å². The minimum atomic E-state index is -1.05. The number of nitrogens with zero attached hydrogens (tertiary/aromatic N) is 1. The maximum Gasteiger partial charge on any atom is 0.125 e. The Labute approximate surface area is 82.6 Å². The lowest BCUT2D eigenvalue weighted by Crippen LogP contribution is -2.30. The lowest BCUT2D eigenvalue weighted by atomic mass is 10.1. The normalized spacial score (nSPS) is 15.1. The molecule has 0 radical (unpaired) electrons. The number of rotatable bonds is 4. The van der Waals surface area contributed by atoms with Gasteiger partial charge in [0.1, 0.15) is 6.10 Å². The molecule has 5 heteroatoms. The van der Waals surface area contributed by atoms with E-state index < -0.39 is 12.2 Å². The van der Waals surface area contributed by atoms with Gasteiger partial charge in [0, 0.05) is 12.7 Å². The molecule has 0 aliphatic rings. The lowest BCUT2D eigenvalue weighted by Gasteiger charge is -2.17. The average Bonchev–Trinajstić information content (AvgIpc) is 2.18. The lowest BCUT2D eigenvalue weighted by molar-refractivity contribution is 0.0181. The summed E-state index contributed by atoms with van der Waals surface area (Å²) in [6.45, 7) is 0.289. The van der Waals surface area contributed by atoms with Gasteiger partial charge in [-0.05, 0) is 19.2 Å². The molecule has 0 spiro atoms. The number of nitrogens with two attached hydrogens (primary N) is 1. The largest absolute Gasteiger partial charge is 0.397 e. The van der Waals surface area contributed by atoms with Crippen molar-refractivity contribution in [3.8, 4) is 0 Å². The van der Waals surface area contributed by atoms with Crippen LogP contribution in [0.4, 0.5) is 5.69 Å². The van der Waals surface area contributed by atoms with Gasteiger partial charge >= 0.3 is 0 Å². The van der Waals surface area contributed by atoms with E-state index in [4.69, 9.17) is 5.73 Å². The summed E-state index contributed by atoms with van der Waals surface area (Å²) in [5.74, 6) is 0. The van der Waals surface area contributed by atoms with Crippen molar-refractivity contribution in [2.45, 2.75) is 12.2 Å². The smallest absolute Gasteiger partial charge is 0.125 e. The zero-order valence-corrected chi connectivity index (χ0v) is 8.01. The van der Waals surface area contributed by atoms with Crippen LogP contribution in [0.2, 0.25) is 0 Å². The summed E-state index contributed by atoms with van der Waals surface area (Å²) >= 11 is 0. The molecule has 14 heavy (non-hydrogen) atoms. The Balaban J connectivity index is 2.78. The summed E-state index contributed by atoms with van der Waals surface area (Å²) in [6, 6.07) is 3.31. The van der Waals surface area contributed by atoms with Crippen LogP contribution >= 0.6 is 0 Å². The van der Waals surface area contributed by atoms with Crippen LogP contribution in [0.5, 0.6) is 0 Å². The first kappa shape index (κ1) is 10.9. The molecular formula is C9H15N3O2. The minimum absolute atomic E-state index is 0.289. The number of hydrogen-bond donors (Lipinski definition) is 4. The van der Waals surface area contributed by atoms with E-state index in [1.54, 1.807) is 19.2 Å². The Bertz CT molecular complexity index is 293. The molecule has 5 nitrogen and oxygen atoms in total. The number of aliphatic hydroxyl groups is 2. The number of hydrogen-bond acceptors (Lipinski definition) is 5. The predicted molar refractivity (Wildman–Crippen MR) is 53.5 cm³/mol. The molecule has 1 aromatic heterocycles. The number of nitrogens with one attached hydrogen (secondary N) is 1. The highest BCUT2D eigenvalue weighted by molar-refractivity contribution is 5.43. The second-order valence-electron chi connectivity index (χ2n) is 3.05. The highest BCUT2D eigenvalue weighted by Gasteiger charge is 2.20. The van der Waals surface area contributed by atoms with Crippen molar-refractivity contribution in [3.63, 3.8) is 0 Å². The maximum atomic E-state index is 9.67. The fourth-order valence-corrected chi connectivity index (χ4v) is 1.18. The summed E-state index contributed by atoms with van der Waals surface area (Å²) in [6.07, 6.45) is -0.429. The van der Waals surface area contributed by atoms with Crippen molar-refractivity contribution in [2.75, 3.05) is 19.3 Å². The van der Waals surface area contributed by atoms with Crippen molar-refractivity contribution in [3.05, 3.63) is 24.0 Å². The highest BCUT2D eigenvalue weighted by Crippen LogP contribution is 2.19. The van der Waals surface area contributed by atoms with Gasteiger partial charge in [0.15, 0.2) is 0 Å². The molecule has 0 amide bonds. The molecule has 5 N–H and O–H groups in total. The fourth-order valence-electron chi connectivity index (χ4n) is 1.18. The zero-order chi connectivity index (χ0) is 10.6. The molecule has 1 rings (SSSR count). The number of pyridine rings is 1. The third-order valence-corrected chi connectivity index (χ3v) is 1.93. The van der Waals surface area contributed by atoms with Gasteiger partial charge in [0.2, 0.25) is 0 Å². The van der Waals surface area contributed by atoms with Gasteiger partial charge in [-0.25, -0.2) is 0 Å². The first-order valence-corrected chi connectivity index (χ1v) is 4.38. The van der Waals surface area contributed by atoms with E-state index in [1.807, 2.05) is 0 Å². The van der Waals surface area contributed by atoms with Gasteiger partial charge in [0.05, 0.1) is 17.5 Å². The molecule has 0 aromatic carbocycles. The van der Waals surface area contributed by atoms with Crippen LogP contribution in [0.1, 0.15) is 11.8 Å². The van der Waals surface area contributed by atoms with Crippen molar-refractivity contribution >= 4 is 5.69 Å². The van der Waals surface area contributed by atoms with Crippen LogP contribution in [0.3, 0.4) is 0 Å². The molecule has 0 bridgehead atoms. The van der Waals surface area contributed by atoms with Gasteiger partial charge in [-0.3, -0.25) is 4.98 Å². The number of likely N-dealkylation sites (N-methyl/N-ethyl adjacent to an activating group) is 1. The molecule has 0 aliphatic heterocycles. The van der Waals surface area contributed by atoms with E-state index in [0.29, 0.717) is 11.4 Å². The van der Waals surface area contributed by atoms with Gasteiger partial charge in [0.25, 0.3) is 0 Å². The Morgan fingerprint density at radius 1 is 1.57 bits per heavy atom. The second kappa shape index (κ2) is 4.90. The topological polar surface area (TPSA) is 91.4 Å². The van der Waals surface area contributed by atoms with E-state index in [9.17, 15) is 10.2 Å². The van der Waals surface area contributed by atoms with E-state index in [0.717, 1.165) is 0 Å². The number of aromatic nitrogens is 1. The molecular weight excluding hydrogens is 182 g/mol. The monoisotopic (exact) mass is 197 g/mol. The Hall–Kier alpha value is -1.17. The summed E-state index contributed by atoms with van der Waals surface area (Å²) in [5.41, 5.74) is 6.30. The molecule has 0 saturated carbocycles. The molecule has 1 heterocycles. The van der Waals surface area contributed by atoms with Crippen molar-refractivity contribution in [1.82, 2.24) is 10.3 Å². The predicted octanol–water partition coefficient (Wildman–Crippen LogP) is -0.723. The zero-order valence-electron chi connectivity index (χ0n) is 8.01. The molecule has 0 fully saturated rings. The van der Waals surface area contributed by atoms with Crippen LogP contribution < -0.4 is 11.1 Å².